The summed E-state index contributed by atoms with van der Waals surface area (Å²) < 4.78 is 0. The number of carbonyl (C=O) groups is 1. The summed E-state index contributed by atoms with van der Waals surface area (Å²) in [5.74, 6) is 0.648. The van der Waals surface area contributed by atoms with Crippen LogP contribution >= 0.6 is 0 Å². The average Bonchev–Trinajstić information content (AvgIpc) is 2.28. The largest absolute Gasteiger partial charge is 0.383 e. The number of fused-ring (bicyclic) bond motifs is 1. The predicted octanol–water partition coefficient (Wildman–Crippen LogP) is 1.36. The summed E-state index contributed by atoms with van der Waals surface area (Å²) in [6, 6.07) is 0.248. The number of hydrogen-bond donors (Lipinski definition) is 0. The van der Waals surface area contributed by atoms with Crippen LogP contribution in [0, 0.1) is 17.4 Å². The minimum atomic E-state index is 0.248. The van der Waals surface area contributed by atoms with Crippen LogP contribution in [0.1, 0.15) is 25.7 Å². The van der Waals surface area contributed by atoms with Gasteiger partial charge in [0.25, 0.3) is 0 Å². The highest BCUT2D eigenvalue weighted by Gasteiger charge is 2.38. The van der Waals surface area contributed by atoms with E-state index in [-0.39, 0.29) is 11.8 Å². The second-order valence-corrected chi connectivity index (χ2v) is 5.21. The SMILES string of the molecule is CN(C)/C=C1\C[C@H]2[C@@H](CCCN2C#N)CC1=O. The Morgan fingerprint density at radius 1 is 1.47 bits per heavy atom. The predicted molar refractivity (Wildman–Crippen MR) is 64.8 cm³/mol. The zero-order chi connectivity index (χ0) is 12.4. The van der Waals surface area contributed by atoms with Gasteiger partial charge >= 0.3 is 0 Å². The highest BCUT2D eigenvalue weighted by Crippen LogP contribution is 2.35. The lowest BCUT2D eigenvalue weighted by molar-refractivity contribution is -0.119. The molecule has 1 saturated carbocycles. The molecular formula is C13H19N3O. The van der Waals surface area contributed by atoms with Crippen molar-refractivity contribution in [3.8, 4) is 6.19 Å². The molecule has 4 heteroatoms. The van der Waals surface area contributed by atoms with Crippen molar-refractivity contribution in [1.82, 2.24) is 9.80 Å². The maximum Gasteiger partial charge on any atom is 0.179 e. The molecule has 0 radical (unpaired) electrons. The summed E-state index contributed by atoms with van der Waals surface area (Å²) in [7, 11) is 3.85. The fourth-order valence-electron chi connectivity index (χ4n) is 2.92. The van der Waals surface area contributed by atoms with Crippen LogP contribution in [0.4, 0.5) is 0 Å². The molecule has 0 aromatic carbocycles. The normalized spacial score (nSPS) is 31.0. The van der Waals surface area contributed by atoms with Gasteiger partial charge in [-0.05, 0) is 25.2 Å². The number of carbonyl (C=O) groups excluding carboxylic acids is 1. The van der Waals surface area contributed by atoms with Gasteiger partial charge in [0.1, 0.15) is 0 Å². The summed E-state index contributed by atoms with van der Waals surface area (Å²) in [6.07, 6.45) is 7.65. The lowest BCUT2D eigenvalue weighted by Crippen LogP contribution is -2.46. The minimum Gasteiger partial charge on any atom is -0.383 e. The fourth-order valence-corrected chi connectivity index (χ4v) is 2.92. The molecule has 0 N–H and O–H groups in total. The van der Waals surface area contributed by atoms with Gasteiger partial charge < -0.3 is 9.80 Å². The van der Waals surface area contributed by atoms with Gasteiger partial charge in [0.15, 0.2) is 12.0 Å². The van der Waals surface area contributed by atoms with E-state index in [0.717, 1.165) is 31.4 Å². The number of hydrogen-bond acceptors (Lipinski definition) is 4. The van der Waals surface area contributed by atoms with E-state index in [1.807, 2.05) is 30.1 Å². The summed E-state index contributed by atoms with van der Waals surface area (Å²) in [6.45, 7) is 0.848. The van der Waals surface area contributed by atoms with Crippen molar-refractivity contribution in [2.45, 2.75) is 31.7 Å². The standard InChI is InChI=1S/C13H19N3O/c1-15(2)8-11-6-12-10(7-13(11)17)4-3-5-16(12)9-14/h8,10,12H,3-7H2,1-2H3/b11-8+/t10-,12-/m0/s1. The van der Waals surface area contributed by atoms with Gasteiger partial charge in [-0.2, -0.15) is 5.26 Å². The van der Waals surface area contributed by atoms with E-state index in [9.17, 15) is 4.79 Å². The van der Waals surface area contributed by atoms with E-state index >= 15 is 0 Å². The van der Waals surface area contributed by atoms with Crippen molar-refractivity contribution in [3.05, 3.63) is 11.8 Å². The Morgan fingerprint density at radius 2 is 2.24 bits per heavy atom. The van der Waals surface area contributed by atoms with E-state index < -0.39 is 0 Å². The Balaban J connectivity index is 2.18. The van der Waals surface area contributed by atoms with Gasteiger partial charge in [-0.15, -0.1) is 0 Å². The molecule has 17 heavy (non-hydrogen) atoms. The zero-order valence-corrected chi connectivity index (χ0v) is 10.5. The van der Waals surface area contributed by atoms with Crippen LogP contribution in [0.25, 0.3) is 0 Å². The van der Waals surface area contributed by atoms with Crippen LogP contribution in [0.5, 0.6) is 0 Å². The second-order valence-electron chi connectivity index (χ2n) is 5.21. The highest BCUT2D eigenvalue weighted by molar-refractivity contribution is 5.96. The smallest absolute Gasteiger partial charge is 0.179 e. The van der Waals surface area contributed by atoms with Crippen LogP contribution in [0.2, 0.25) is 0 Å². The maximum atomic E-state index is 12.0. The number of piperidine rings is 1. The zero-order valence-electron chi connectivity index (χ0n) is 10.5. The second kappa shape index (κ2) is 4.79. The molecular weight excluding hydrogens is 214 g/mol. The van der Waals surface area contributed by atoms with E-state index in [1.54, 1.807) is 0 Å². The van der Waals surface area contributed by atoms with Crippen molar-refractivity contribution in [2.24, 2.45) is 5.92 Å². The number of ketones is 1. The Hall–Kier alpha value is -1.50. The van der Waals surface area contributed by atoms with Crippen molar-refractivity contribution >= 4 is 5.78 Å². The number of nitrogens with zero attached hydrogens (tertiary/aromatic N) is 3. The molecule has 2 fully saturated rings. The highest BCUT2D eigenvalue weighted by atomic mass is 16.1. The Bertz CT molecular complexity index is 381. The van der Waals surface area contributed by atoms with Gasteiger partial charge in [0, 0.05) is 44.9 Å². The molecule has 1 heterocycles. The van der Waals surface area contributed by atoms with Crippen molar-refractivity contribution in [1.29, 1.82) is 5.26 Å². The lowest BCUT2D eigenvalue weighted by atomic mass is 9.76. The van der Waals surface area contributed by atoms with Crippen LogP contribution in [-0.2, 0) is 4.79 Å². The first kappa shape index (κ1) is 12.0. The van der Waals surface area contributed by atoms with Gasteiger partial charge in [-0.1, -0.05) is 0 Å². The summed E-state index contributed by atoms with van der Waals surface area (Å²) in [5.41, 5.74) is 0.874. The van der Waals surface area contributed by atoms with Crippen molar-refractivity contribution < 1.29 is 4.79 Å². The molecule has 1 saturated heterocycles. The summed E-state index contributed by atoms with van der Waals surface area (Å²) in [4.78, 5) is 15.8. The molecule has 2 rings (SSSR count). The third-order valence-electron chi connectivity index (χ3n) is 3.70. The fraction of sp³-hybridized carbons (Fsp3) is 0.692. The molecule has 92 valence electrons. The molecule has 0 bridgehead atoms. The van der Waals surface area contributed by atoms with Crippen molar-refractivity contribution in [2.75, 3.05) is 20.6 Å². The van der Waals surface area contributed by atoms with Gasteiger partial charge in [0.2, 0.25) is 0 Å². The van der Waals surface area contributed by atoms with E-state index in [0.29, 0.717) is 12.3 Å². The van der Waals surface area contributed by atoms with E-state index in [4.69, 9.17) is 5.26 Å². The number of nitriles is 1. The van der Waals surface area contributed by atoms with Gasteiger partial charge in [-0.25, -0.2) is 0 Å². The Morgan fingerprint density at radius 3 is 2.88 bits per heavy atom. The molecule has 0 amide bonds. The molecule has 2 aliphatic rings. The molecule has 0 aromatic heterocycles. The van der Waals surface area contributed by atoms with Crippen LogP contribution in [-0.4, -0.2) is 42.3 Å². The monoisotopic (exact) mass is 233 g/mol. The molecule has 1 aliphatic carbocycles. The third kappa shape index (κ3) is 2.44. The van der Waals surface area contributed by atoms with E-state index in [2.05, 4.69) is 6.19 Å². The minimum absolute atomic E-state index is 0.248. The third-order valence-corrected chi connectivity index (χ3v) is 3.70. The Labute approximate surface area is 102 Å². The maximum absolute atomic E-state index is 12.0. The summed E-state index contributed by atoms with van der Waals surface area (Å²) >= 11 is 0. The molecule has 2 atom stereocenters. The van der Waals surface area contributed by atoms with E-state index in [1.165, 1.54) is 0 Å². The molecule has 0 aromatic rings. The first-order valence-electron chi connectivity index (χ1n) is 6.18. The number of Topliss-reactive ketones (excluding diaryl/α,β-unsaturated/α-hetero) is 1. The molecule has 4 nitrogen and oxygen atoms in total. The van der Waals surface area contributed by atoms with Gasteiger partial charge in [0.05, 0.1) is 0 Å². The number of rotatable bonds is 1. The quantitative estimate of drug-likeness (QED) is 0.507. The number of likely N-dealkylation sites (tertiary alicyclic amines) is 1. The average molecular weight is 233 g/mol. The van der Waals surface area contributed by atoms with Gasteiger partial charge in [-0.3, -0.25) is 4.79 Å². The Kier molecular flexibility index (Phi) is 3.37. The van der Waals surface area contributed by atoms with Crippen LogP contribution in [0.3, 0.4) is 0 Å². The first-order valence-corrected chi connectivity index (χ1v) is 6.18. The molecule has 1 aliphatic heterocycles. The molecule has 0 spiro atoms. The van der Waals surface area contributed by atoms with Crippen LogP contribution in [0.15, 0.2) is 11.8 Å². The van der Waals surface area contributed by atoms with Crippen molar-refractivity contribution in [3.63, 3.8) is 0 Å². The van der Waals surface area contributed by atoms with Crippen LogP contribution < -0.4 is 0 Å². The summed E-state index contributed by atoms with van der Waals surface area (Å²) in [5, 5.41) is 9.13. The lowest BCUT2D eigenvalue weighted by Gasteiger charge is -2.41. The first-order chi connectivity index (χ1) is 8.11. The topological polar surface area (TPSA) is 47.3 Å². The molecule has 0 unspecified atom stereocenters.